The van der Waals surface area contributed by atoms with Gasteiger partial charge >= 0.3 is 0 Å². The number of rotatable bonds is 3. The molecule has 1 amide bonds. The van der Waals surface area contributed by atoms with Crippen molar-refractivity contribution >= 4 is 5.91 Å². The molecule has 3 heterocycles. The standard InChI is InChI=1S/C16H24N2O4/c1-17(2)9-13-8-16(22-10-13)11-18(5-7-20-12-16)15(19)14-4-3-6-21-14/h3-4,6,13H,5,7-12H2,1-2H3. The quantitative estimate of drug-likeness (QED) is 0.836. The van der Waals surface area contributed by atoms with Crippen molar-refractivity contribution in [3.8, 4) is 0 Å². The van der Waals surface area contributed by atoms with E-state index in [4.69, 9.17) is 13.9 Å². The molecule has 1 aromatic heterocycles. The third-order valence-electron chi connectivity index (χ3n) is 4.28. The number of nitrogens with zero attached hydrogens (tertiary/aromatic N) is 2. The first-order valence-electron chi connectivity index (χ1n) is 7.77. The third-order valence-corrected chi connectivity index (χ3v) is 4.28. The van der Waals surface area contributed by atoms with Gasteiger partial charge in [0.25, 0.3) is 5.91 Å². The highest BCUT2D eigenvalue weighted by molar-refractivity contribution is 5.91. The number of hydrogen-bond acceptors (Lipinski definition) is 5. The summed E-state index contributed by atoms with van der Waals surface area (Å²) in [4.78, 5) is 16.5. The molecule has 2 saturated heterocycles. The van der Waals surface area contributed by atoms with Gasteiger partial charge in [-0.1, -0.05) is 0 Å². The second kappa shape index (κ2) is 6.40. The van der Waals surface area contributed by atoms with Gasteiger partial charge in [-0.15, -0.1) is 0 Å². The van der Waals surface area contributed by atoms with Gasteiger partial charge in [-0.3, -0.25) is 4.79 Å². The van der Waals surface area contributed by atoms with Gasteiger partial charge in [-0.05, 0) is 38.6 Å². The Morgan fingerprint density at radius 3 is 3.09 bits per heavy atom. The largest absolute Gasteiger partial charge is 0.459 e. The van der Waals surface area contributed by atoms with Crippen LogP contribution in [0.5, 0.6) is 0 Å². The van der Waals surface area contributed by atoms with Crippen LogP contribution in [0.3, 0.4) is 0 Å². The Morgan fingerprint density at radius 2 is 2.36 bits per heavy atom. The van der Waals surface area contributed by atoms with Crippen molar-refractivity contribution in [2.45, 2.75) is 12.0 Å². The molecule has 0 aromatic carbocycles. The highest BCUT2D eigenvalue weighted by Gasteiger charge is 2.44. The Bertz CT molecular complexity index is 502. The normalized spacial score (nSPS) is 29.2. The van der Waals surface area contributed by atoms with Crippen LogP contribution in [0.1, 0.15) is 17.0 Å². The molecular weight excluding hydrogens is 284 g/mol. The lowest BCUT2D eigenvalue weighted by molar-refractivity contribution is -0.0540. The minimum absolute atomic E-state index is 0.0884. The predicted molar refractivity (Wildman–Crippen MR) is 80.8 cm³/mol. The van der Waals surface area contributed by atoms with Crippen molar-refractivity contribution in [1.29, 1.82) is 0 Å². The van der Waals surface area contributed by atoms with E-state index < -0.39 is 0 Å². The van der Waals surface area contributed by atoms with Crippen LogP contribution >= 0.6 is 0 Å². The molecule has 2 atom stereocenters. The highest BCUT2D eigenvalue weighted by Crippen LogP contribution is 2.33. The van der Waals surface area contributed by atoms with Crippen LogP contribution < -0.4 is 0 Å². The molecule has 2 aliphatic rings. The molecule has 6 nitrogen and oxygen atoms in total. The minimum Gasteiger partial charge on any atom is -0.459 e. The Hall–Kier alpha value is -1.37. The molecule has 1 spiro atoms. The van der Waals surface area contributed by atoms with Crippen LogP contribution in [-0.2, 0) is 9.47 Å². The Balaban J connectivity index is 1.69. The molecular formula is C16H24N2O4. The zero-order valence-electron chi connectivity index (χ0n) is 13.3. The SMILES string of the molecule is CN(C)CC1COC2(COCCN(C(=O)c3ccco3)C2)C1. The zero-order chi connectivity index (χ0) is 15.6. The molecule has 6 heteroatoms. The van der Waals surface area contributed by atoms with E-state index in [1.807, 2.05) is 0 Å². The topological polar surface area (TPSA) is 55.2 Å². The van der Waals surface area contributed by atoms with Crippen LogP contribution in [0.15, 0.2) is 22.8 Å². The zero-order valence-corrected chi connectivity index (χ0v) is 13.3. The van der Waals surface area contributed by atoms with Crippen LogP contribution in [0.25, 0.3) is 0 Å². The van der Waals surface area contributed by atoms with Gasteiger partial charge in [0.2, 0.25) is 0 Å². The van der Waals surface area contributed by atoms with Gasteiger partial charge in [0.1, 0.15) is 5.60 Å². The lowest BCUT2D eigenvalue weighted by atomic mass is 9.94. The average Bonchev–Trinajstić information content (AvgIpc) is 3.07. The summed E-state index contributed by atoms with van der Waals surface area (Å²) in [5.74, 6) is 0.770. The maximum atomic E-state index is 12.5. The summed E-state index contributed by atoms with van der Waals surface area (Å²) in [6, 6.07) is 3.43. The van der Waals surface area contributed by atoms with Crippen molar-refractivity contribution in [1.82, 2.24) is 9.80 Å². The number of amides is 1. The fraction of sp³-hybridized carbons (Fsp3) is 0.688. The van der Waals surface area contributed by atoms with Crippen molar-refractivity contribution in [3.05, 3.63) is 24.2 Å². The van der Waals surface area contributed by atoms with Gasteiger partial charge in [0.05, 0.1) is 32.6 Å². The monoisotopic (exact) mass is 308 g/mol. The molecule has 0 radical (unpaired) electrons. The van der Waals surface area contributed by atoms with E-state index in [0.717, 1.165) is 19.6 Å². The van der Waals surface area contributed by atoms with E-state index in [-0.39, 0.29) is 11.5 Å². The van der Waals surface area contributed by atoms with Crippen LogP contribution in [0, 0.1) is 5.92 Å². The first kappa shape index (κ1) is 15.5. The van der Waals surface area contributed by atoms with Crippen molar-refractivity contribution in [2.24, 2.45) is 5.92 Å². The van der Waals surface area contributed by atoms with Gasteiger partial charge < -0.3 is 23.7 Å². The predicted octanol–water partition coefficient (Wildman–Crippen LogP) is 1.09. The molecule has 0 N–H and O–H groups in total. The van der Waals surface area contributed by atoms with Gasteiger partial charge in [-0.25, -0.2) is 0 Å². The molecule has 0 bridgehead atoms. The van der Waals surface area contributed by atoms with E-state index in [1.165, 1.54) is 6.26 Å². The van der Waals surface area contributed by atoms with Gasteiger partial charge in [-0.2, -0.15) is 0 Å². The minimum atomic E-state index is -0.376. The van der Waals surface area contributed by atoms with Gasteiger partial charge in [0, 0.05) is 13.1 Å². The molecule has 2 fully saturated rings. The maximum absolute atomic E-state index is 12.5. The molecule has 122 valence electrons. The van der Waals surface area contributed by atoms with E-state index in [9.17, 15) is 4.79 Å². The molecule has 2 unspecified atom stereocenters. The number of hydrogen-bond donors (Lipinski definition) is 0. The number of ether oxygens (including phenoxy) is 2. The maximum Gasteiger partial charge on any atom is 0.289 e. The summed E-state index contributed by atoms with van der Waals surface area (Å²) in [5, 5.41) is 0. The number of furan rings is 1. The summed E-state index contributed by atoms with van der Waals surface area (Å²) in [6.45, 7) is 3.95. The fourth-order valence-electron chi connectivity index (χ4n) is 3.42. The second-order valence-electron chi connectivity index (χ2n) is 6.58. The second-order valence-corrected chi connectivity index (χ2v) is 6.58. The molecule has 0 saturated carbocycles. The van der Waals surface area contributed by atoms with Crippen LogP contribution in [0.2, 0.25) is 0 Å². The van der Waals surface area contributed by atoms with Crippen molar-refractivity contribution in [2.75, 3.05) is 53.6 Å². The molecule has 2 aliphatic heterocycles. The van der Waals surface area contributed by atoms with Crippen LogP contribution in [-0.4, -0.2) is 74.9 Å². The fourth-order valence-corrected chi connectivity index (χ4v) is 3.42. The third kappa shape index (κ3) is 3.34. The van der Waals surface area contributed by atoms with Crippen molar-refractivity contribution in [3.63, 3.8) is 0 Å². The summed E-state index contributed by atoms with van der Waals surface area (Å²) >= 11 is 0. The summed E-state index contributed by atoms with van der Waals surface area (Å²) in [6.07, 6.45) is 2.45. The van der Waals surface area contributed by atoms with E-state index >= 15 is 0 Å². The smallest absolute Gasteiger partial charge is 0.289 e. The number of carbonyl (C=O) groups excluding carboxylic acids is 1. The van der Waals surface area contributed by atoms with E-state index in [0.29, 0.717) is 38.0 Å². The average molecular weight is 308 g/mol. The Labute approximate surface area is 131 Å². The Kier molecular flexibility index (Phi) is 4.52. The Morgan fingerprint density at radius 1 is 1.50 bits per heavy atom. The van der Waals surface area contributed by atoms with Crippen molar-refractivity contribution < 1.29 is 18.7 Å². The summed E-state index contributed by atoms with van der Waals surface area (Å²) in [7, 11) is 4.14. The summed E-state index contributed by atoms with van der Waals surface area (Å²) in [5.41, 5.74) is -0.376. The molecule has 3 rings (SSSR count). The first-order chi connectivity index (χ1) is 10.6. The van der Waals surface area contributed by atoms with E-state index in [1.54, 1.807) is 17.0 Å². The summed E-state index contributed by atoms with van der Waals surface area (Å²) < 4.78 is 17.1. The molecule has 1 aromatic rings. The van der Waals surface area contributed by atoms with E-state index in [2.05, 4.69) is 19.0 Å². The van der Waals surface area contributed by atoms with Crippen LogP contribution in [0.4, 0.5) is 0 Å². The van der Waals surface area contributed by atoms with Gasteiger partial charge in [0.15, 0.2) is 5.76 Å². The lowest BCUT2D eigenvalue weighted by Gasteiger charge is -2.30. The highest BCUT2D eigenvalue weighted by atomic mass is 16.5. The lowest BCUT2D eigenvalue weighted by Crippen LogP contribution is -2.46. The number of carbonyl (C=O) groups is 1. The molecule has 0 aliphatic carbocycles. The molecule has 22 heavy (non-hydrogen) atoms. The first-order valence-corrected chi connectivity index (χ1v) is 7.77.